The van der Waals surface area contributed by atoms with E-state index in [-0.39, 0.29) is 12.4 Å². The normalized spacial score (nSPS) is 16.8. The van der Waals surface area contributed by atoms with E-state index in [2.05, 4.69) is 23.3 Å². The van der Waals surface area contributed by atoms with Gasteiger partial charge in [0.2, 0.25) is 0 Å². The lowest BCUT2D eigenvalue weighted by molar-refractivity contribution is 0.267. The van der Waals surface area contributed by atoms with Crippen molar-refractivity contribution in [2.45, 2.75) is 25.8 Å². The molecule has 1 aromatic heterocycles. The molecule has 1 aromatic rings. The van der Waals surface area contributed by atoms with Gasteiger partial charge in [-0.05, 0) is 64.0 Å². The summed E-state index contributed by atoms with van der Waals surface area (Å²) in [5.41, 5.74) is 0. The first-order chi connectivity index (χ1) is 8.24. The lowest BCUT2D eigenvalue weighted by Crippen LogP contribution is -2.30. The Kier molecular flexibility index (Phi) is 7.57. The fraction of sp³-hybridized carbons (Fsp3) is 0.692. The van der Waals surface area contributed by atoms with Crippen LogP contribution >= 0.6 is 35.3 Å². The standard InChI is InChI=1S/C13H21ClN2S.ClH/c1-16(10-12-2-3-13(14)17-12)9-6-11-4-7-15-8-5-11;/h2-3,11,15H,4-10H2,1H3;1H. The first kappa shape index (κ1) is 16.3. The van der Waals surface area contributed by atoms with Gasteiger partial charge >= 0.3 is 0 Å². The highest BCUT2D eigenvalue weighted by Crippen LogP contribution is 2.23. The van der Waals surface area contributed by atoms with Gasteiger partial charge in [0, 0.05) is 11.4 Å². The summed E-state index contributed by atoms with van der Waals surface area (Å²) in [7, 11) is 2.20. The van der Waals surface area contributed by atoms with Gasteiger partial charge in [0.05, 0.1) is 4.34 Å². The van der Waals surface area contributed by atoms with E-state index in [9.17, 15) is 0 Å². The van der Waals surface area contributed by atoms with Crippen molar-refractivity contribution in [2.24, 2.45) is 5.92 Å². The van der Waals surface area contributed by atoms with E-state index in [4.69, 9.17) is 11.6 Å². The van der Waals surface area contributed by atoms with Gasteiger partial charge in [-0.15, -0.1) is 23.7 Å². The van der Waals surface area contributed by atoms with Crippen molar-refractivity contribution in [2.75, 3.05) is 26.7 Å². The molecule has 2 heterocycles. The van der Waals surface area contributed by atoms with Crippen LogP contribution in [-0.4, -0.2) is 31.6 Å². The Morgan fingerprint density at radius 2 is 2.11 bits per heavy atom. The third kappa shape index (κ3) is 5.45. The van der Waals surface area contributed by atoms with Crippen LogP contribution in [-0.2, 0) is 6.54 Å². The summed E-state index contributed by atoms with van der Waals surface area (Å²) in [5.74, 6) is 0.922. The van der Waals surface area contributed by atoms with Crippen LogP contribution in [0.3, 0.4) is 0 Å². The molecule has 2 rings (SSSR count). The van der Waals surface area contributed by atoms with Crippen LogP contribution in [0, 0.1) is 5.92 Å². The van der Waals surface area contributed by atoms with Crippen LogP contribution in [0.4, 0.5) is 0 Å². The van der Waals surface area contributed by atoms with E-state index >= 15 is 0 Å². The predicted octanol–water partition coefficient (Wildman–Crippen LogP) is 3.64. The molecule has 0 bridgehead atoms. The third-order valence-corrected chi connectivity index (χ3v) is 4.65. The van der Waals surface area contributed by atoms with E-state index in [1.165, 1.54) is 43.8 Å². The Bertz CT molecular complexity index is 337. The fourth-order valence-electron chi connectivity index (χ4n) is 2.36. The summed E-state index contributed by atoms with van der Waals surface area (Å²) in [6.45, 7) is 4.63. The molecule has 0 radical (unpaired) electrons. The smallest absolute Gasteiger partial charge is 0.0931 e. The van der Waals surface area contributed by atoms with Gasteiger partial charge in [-0.1, -0.05) is 11.6 Å². The van der Waals surface area contributed by atoms with E-state index in [0.717, 1.165) is 16.8 Å². The molecule has 0 amide bonds. The van der Waals surface area contributed by atoms with Crippen LogP contribution < -0.4 is 5.32 Å². The number of hydrogen-bond donors (Lipinski definition) is 1. The Balaban J connectivity index is 0.00000162. The maximum atomic E-state index is 5.94. The summed E-state index contributed by atoms with van der Waals surface area (Å²) < 4.78 is 0.895. The van der Waals surface area contributed by atoms with Gasteiger partial charge in [-0.2, -0.15) is 0 Å². The number of halogens is 2. The van der Waals surface area contributed by atoms with Crippen molar-refractivity contribution >= 4 is 35.3 Å². The Hall–Kier alpha value is 0.200. The van der Waals surface area contributed by atoms with Crippen molar-refractivity contribution in [1.29, 1.82) is 0 Å². The SMILES string of the molecule is CN(CCC1CCNCC1)Cc1ccc(Cl)s1.Cl. The van der Waals surface area contributed by atoms with Crippen molar-refractivity contribution in [3.63, 3.8) is 0 Å². The summed E-state index contributed by atoms with van der Waals surface area (Å²) in [4.78, 5) is 3.77. The van der Waals surface area contributed by atoms with Crippen LogP contribution in [0.1, 0.15) is 24.1 Å². The zero-order valence-electron chi connectivity index (χ0n) is 10.8. The second-order valence-corrected chi connectivity index (χ2v) is 6.73. The minimum atomic E-state index is 0. The molecular formula is C13H22Cl2N2S. The van der Waals surface area contributed by atoms with Crippen molar-refractivity contribution < 1.29 is 0 Å². The maximum Gasteiger partial charge on any atom is 0.0931 e. The van der Waals surface area contributed by atoms with Crippen molar-refractivity contribution in [3.8, 4) is 0 Å². The molecule has 1 N–H and O–H groups in total. The van der Waals surface area contributed by atoms with E-state index in [0.29, 0.717) is 0 Å². The molecule has 18 heavy (non-hydrogen) atoms. The molecule has 0 aromatic carbocycles. The Morgan fingerprint density at radius 1 is 1.39 bits per heavy atom. The average molecular weight is 309 g/mol. The zero-order valence-corrected chi connectivity index (χ0v) is 13.2. The Labute approximate surface area is 125 Å². The topological polar surface area (TPSA) is 15.3 Å². The first-order valence-corrected chi connectivity index (χ1v) is 7.57. The number of nitrogens with zero attached hydrogens (tertiary/aromatic N) is 1. The van der Waals surface area contributed by atoms with Gasteiger partial charge in [0.1, 0.15) is 0 Å². The monoisotopic (exact) mass is 308 g/mol. The van der Waals surface area contributed by atoms with E-state index in [1.54, 1.807) is 11.3 Å². The van der Waals surface area contributed by atoms with Crippen LogP contribution in [0.5, 0.6) is 0 Å². The zero-order chi connectivity index (χ0) is 12.1. The molecule has 0 unspecified atom stereocenters. The van der Waals surface area contributed by atoms with Gasteiger partial charge in [-0.3, -0.25) is 0 Å². The van der Waals surface area contributed by atoms with Crippen molar-refractivity contribution in [3.05, 3.63) is 21.3 Å². The number of thiophene rings is 1. The number of rotatable bonds is 5. The fourth-order valence-corrected chi connectivity index (χ4v) is 3.52. The first-order valence-electron chi connectivity index (χ1n) is 6.37. The summed E-state index contributed by atoms with van der Waals surface area (Å²) in [6, 6.07) is 4.12. The quantitative estimate of drug-likeness (QED) is 0.893. The lowest BCUT2D eigenvalue weighted by Gasteiger charge is -2.25. The molecule has 2 nitrogen and oxygen atoms in total. The molecule has 1 saturated heterocycles. The number of piperidine rings is 1. The molecule has 0 saturated carbocycles. The summed E-state index contributed by atoms with van der Waals surface area (Å²) >= 11 is 7.63. The van der Waals surface area contributed by atoms with Gasteiger partial charge < -0.3 is 10.2 Å². The molecule has 0 atom stereocenters. The predicted molar refractivity (Wildman–Crippen MR) is 83.1 cm³/mol. The highest BCUT2D eigenvalue weighted by Gasteiger charge is 2.13. The molecule has 104 valence electrons. The Morgan fingerprint density at radius 3 is 2.72 bits per heavy atom. The molecule has 1 aliphatic heterocycles. The second-order valence-electron chi connectivity index (χ2n) is 4.93. The van der Waals surface area contributed by atoms with Crippen molar-refractivity contribution in [1.82, 2.24) is 10.2 Å². The van der Waals surface area contributed by atoms with Crippen LogP contribution in [0.2, 0.25) is 4.34 Å². The van der Waals surface area contributed by atoms with Crippen LogP contribution in [0.15, 0.2) is 12.1 Å². The minimum absolute atomic E-state index is 0. The molecular weight excluding hydrogens is 287 g/mol. The molecule has 5 heteroatoms. The molecule has 1 aliphatic rings. The second kappa shape index (κ2) is 8.39. The summed E-state index contributed by atoms with van der Waals surface area (Å²) in [6.07, 6.45) is 4.02. The van der Waals surface area contributed by atoms with E-state index < -0.39 is 0 Å². The molecule has 0 aliphatic carbocycles. The number of nitrogens with one attached hydrogen (secondary N) is 1. The molecule has 0 spiro atoms. The highest BCUT2D eigenvalue weighted by atomic mass is 35.5. The van der Waals surface area contributed by atoms with Gasteiger partial charge in [0.25, 0.3) is 0 Å². The highest BCUT2D eigenvalue weighted by molar-refractivity contribution is 7.16. The summed E-state index contributed by atoms with van der Waals surface area (Å²) in [5, 5.41) is 3.42. The maximum absolute atomic E-state index is 5.94. The minimum Gasteiger partial charge on any atom is -0.317 e. The van der Waals surface area contributed by atoms with Gasteiger partial charge in [-0.25, -0.2) is 0 Å². The number of hydrogen-bond acceptors (Lipinski definition) is 3. The lowest BCUT2D eigenvalue weighted by atomic mass is 9.94. The van der Waals surface area contributed by atoms with E-state index in [1.807, 2.05) is 6.07 Å². The third-order valence-electron chi connectivity index (χ3n) is 3.43. The average Bonchev–Trinajstić information content (AvgIpc) is 2.73. The largest absolute Gasteiger partial charge is 0.317 e. The molecule has 1 fully saturated rings. The van der Waals surface area contributed by atoms with Crippen LogP contribution in [0.25, 0.3) is 0 Å². The van der Waals surface area contributed by atoms with Gasteiger partial charge in [0.15, 0.2) is 0 Å².